The number of halogens is 3. The molecule has 0 radical (unpaired) electrons. The van der Waals surface area contributed by atoms with E-state index in [0.29, 0.717) is 0 Å². The fourth-order valence-corrected chi connectivity index (χ4v) is 2.09. The van der Waals surface area contributed by atoms with Crippen LogP contribution in [0.1, 0.15) is 0 Å². The van der Waals surface area contributed by atoms with Crippen LogP contribution in [-0.2, 0) is 10.0 Å². The Labute approximate surface area is 93.2 Å². The minimum Gasteiger partial charge on any atom is -0.395 e. The number of rotatable bonds is 1. The van der Waals surface area contributed by atoms with Gasteiger partial charge in [0.2, 0.25) is 10.0 Å². The van der Waals surface area contributed by atoms with Gasteiger partial charge in [-0.25, -0.2) is 17.9 Å². The third-order valence-electron chi connectivity index (χ3n) is 1.47. The average molecular weight is 304 g/mol. The number of hydrogen-bond acceptors (Lipinski definition) is 3. The van der Waals surface area contributed by atoms with E-state index in [-0.39, 0.29) is 9.50 Å². The van der Waals surface area contributed by atoms with Crippen LogP contribution >= 0.6 is 27.5 Å². The highest BCUT2D eigenvalue weighted by Gasteiger charge is 2.20. The lowest BCUT2D eigenvalue weighted by atomic mass is 10.3. The van der Waals surface area contributed by atoms with Crippen molar-refractivity contribution in [3.8, 4) is 0 Å². The normalized spacial score (nSPS) is 11.7. The van der Waals surface area contributed by atoms with Gasteiger partial charge >= 0.3 is 0 Å². The molecule has 1 rings (SSSR count). The van der Waals surface area contributed by atoms with Crippen LogP contribution in [0.2, 0.25) is 5.02 Å². The van der Waals surface area contributed by atoms with Crippen LogP contribution in [-0.4, -0.2) is 8.42 Å². The van der Waals surface area contributed by atoms with Crippen molar-refractivity contribution in [1.82, 2.24) is 0 Å². The highest BCUT2D eigenvalue weighted by molar-refractivity contribution is 9.10. The standard InChI is InChI=1S/C6H5BrClFN2O2S/c7-4-2(8)1-3(14(11,12)13)6(10)5(4)9/h1H,10H2,(H2,11,12,13). The Balaban J connectivity index is 3.66. The molecule has 0 heterocycles. The number of primary sulfonamides is 1. The predicted octanol–water partition coefficient (Wildman–Crippen LogP) is 1.47. The highest BCUT2D eigenvalue weighted by atomic mass is 79.9. The molecule has 1 aromatic carbocycles. The van der Waals surface area contributed by atoms with Crippen molar-refractivity contribution < 1.29 is 12.8 Å². The zero-order valence-corrected chi connectivity index (χ0v) is 9.75. The van der Waals surface area contributed by atoms with Crippen molar-refractivity contribution >= 4 is 43.2 Å². The number of hydrogen-bond donors (Lipinski definition) is 2. The van der Waals surface area contributed by atoms with Crippen LogP contribution in [0, 0.1) is 5.82 Å². The van der Waals surface area contributed by atoms with Crippen LogP contribution in [0.3, 0.4) is 0 Å². The summed E-state index contributed by atoms with van der Waals surface area (Å²) in [5.74, 6) is -0.943. The second-order valence-corrected chi connectivity index (χ2v) is 5.17. The highest BCUT2D eigenvalue weighted by Crippen LogP contribution is 2.33. The molecule has 78 valence electrons. The van der Waals surface area contributed by atoms with Crippen LogP contribution in [0.25, 0.3) is 0 Å². The SMILES string of the molecule is Nc1c(S(N)(=O)=O)cc(Cl)c(Br)c1F. The second-order valence-electron chi connectivity index (χ2n) is 2.44. The Hall–Kier alpha value is -0.370. The monoisotopic (exact) mass is 302 g/mol. The van der Waals surface area contributed by atoms with Crippen LogP contribution in [0.4, 0.5) is 10.1 Å². The van der Waals surface area contributed by atoms with E-state index < -0.39 is 26.4 Å². The van der Waals surface area contributed by atoms with E-state index in [2.05, 4.69) is 15.9 Å². The molecule has 14 heavy (non-hydrogen) atoms. The molecule has 0 aliphatic carbocycles. The summed E-state index contributed by atoms with van der Waals surface area (Å²) >= 11 is 8.34. The Morgan fingerprint density at radius 3 is 2.43 bits per heavy atom. The average Bonchev–Trinajstić information content (AvgIpc) is 2.06. The molecule has 0 bridgehead atoms. The first-order chi connectivity index (χ1) is 6.25. The van der Waals surface area contributed by atoms with Gasteiger partial charge in [-0.1, -0.05) is 11.6 Å². The number of sulfonamides is 1. The van der Waals surface area contributed by atoms with E-state index in [1.807, 2.05) is 0 Å². The zero-order valence-electron chi connectivity index (χ0n) is 6.59. The molecule has 4 nitrogen and oxygen atoms in total. The van der Waals surface area contributed by atoms with Crippen molar-refractivity contribution in [3.63, 3.8) is 0 Å². The maximum absolute atomic E-state index is 13.2. The lowest BCUT2D eigenvalue weighted by Gasteiger charge is -2.07. The number of benzene rings is 1. The van der Waals surface area contributed by atoms with Gasteiger partial charge in [0.15, 0.2) is 5.82 Å². The molecule has 8 heteroatoms. The van der Waals surface area contributed by atoms with E-state index in [4.69, 9.17) is 22.5 Å². The van der Waals surface area contributed by atoms with Gasteiger partial charge in [-0.05, 0) is 22.0 Å². The maximum atomic E-state index is 13.2. The summed E-state index contributed by atoms with van der Waals surface area (Å²) in [4.78, 5) is -0.525. The molecule has 1 aromatic rings. The summed E-state index contributed by atoms with van der Waals surface area (Å²) < 4.78 is 35.0. The van der Waals surface area contributed by atoms with Crippen LogP contribution < -0.4 is 10.9 Å². The predicted molar refractivity (Wildman–Crippen MR) is 54.9 cm³/mol. The van der Waals surface area contributed by atoms with E-state index >= 15 is 0 Å². The first-order valence-corrected chi connectivity index (χ1v) is 5.92. The number of nitrogens with two attached hydrogens (primary N) is 2. The molecule has 0 atom stereocenters. The third-order valence-corrected chi connectivity index (χ3v) is 3.72. The molecular formula is C6H5BrClFN2O2S. The summed E-state index contributed by atoms with van der Waals surface area (Å²) in [5.41, 5.74) is 4.66. The lowest BCUT2D eigenvalue weighted by Crippen LogP contribution is -2.15. The lowest BCUT2D eigenvalue weighted by molar-refractivity contribution is 0.593. The minimum absolute atomic E-state index is 0.0935. The van der Waals surface area contributed by atoms with Gasteiger partial charge in [0.1, 0.15) is 4.90 Å². The minimum atomic E-state index is -4.07. The molecule has 0 aliphatic rings. The molecule has 0 unspecified atom stereocenters. The summed E-state index contributed by atoms with van der Waals surface area (Å²) in [5, 5.41) is 4.69. The molecule has 0 saturated carbocycles. The second kappa shape index (κ2) is 3.65. The van der Waals surface area contributed by atoms with Gasteiger partial charge in [0.25, 0.3) is 0 Å². The van der Waals surface area contributed by atoms with E-state index in [1.165, 1.54) is 0 Å². The molecule has 4 N–H and O–H groups in total. The Bertz CT molecular complexity index is 491. The molecule has 0 fully saturated rings. The smallest absolute Gasteiger partial charge is 0.240 e. The number of nitrogen functional groups attached to an aromatic ring is 1. The molecule has 0 amide bonds. The van der Waals surface area contributed by atoms with E-state index in [9.17, 15) is 12.8 Å². The quantitative estimate of drug-likeness (QED) is 0.608. The molecule has 0 aromatic heterocycles. The van der Waals surface area contributed by atoms with Gasteiger partial charge < -0.3 is 5.73 Å². The molecule has 0 saturated heterocycles. The fourth-order valence-electron chi connectivity index (χ4n) is 0.823. The summed E-state index contributed by atoms with van der Waals surface area (Å²) in [7, 11) is -4.07. The van der Waals surface area contributed by atoms with Crippen molar-refractivity contribution in [2.75, 3.05) is 5.73 Å². The Morgan fingerprint density at radius 1 is 1.50 bits per heavy atom. The summed E-state index contributed by atoms with van der Waals surface area (Å²) in [6, 6.07) is 0.986. The zero-order chi connectivity index (χ0) is 11.1. The third kappa shape index (κ3) is 2.00. The fraction of sp³-hybridized carbons (Fsp3) is 0. The van der Waals surface area contributed by atoms with Gasteiger partial charge in [-0.15, -0.1) is 0 Å². The van der Waals surface area contributed by atoms with Crippen molar-refractivity contribution in [1.29, 1.82) is 0 Å². The summed E-state index contributed by atoms with van der Waals surface area (Å²) in [6.45, 7) is 0. The van der Waals surface area contributed by atoms with Crippen molar-refractivity contribution in [2.24, 2.45) is 5.14 Å². The van der Waals surface area contributed by atoms with Crippen molar-refractivity contribution in [2.45, 2.75) is 4.90 Å². The van der Waals surface area contributed by atoms with Gasteiger partial charge in [-0.3, -0.25) is 0 Å². The molecular weight excluding hydrogens is 298 g/mol. The first-order valence-electron chi connectivity index (χ1n) is 3.21. The molecule has 0 spiro atoms. The van der Waals surface area contributed by atoms with Crippen LogP contribution in [0.5, 0.6) is 0 Å². The van der Waals surface area contributed by atoms with E-state index in [1.54, 1.807) is 0 Å². The largest absolute Gasteiger partial charge is 0.395 e. The van der Waals surface area contributed by atoms with Gasteiger partial charge in [-0.2, -0.15) is 0 Å². The Morgan fingerprint density at radius 2 is 2.00 bits per heavy atom. The summed E-state index contributed by atoms with van der Waals surface area (Å²) in [6.07, 6.45) is 0. The Kier molecular flexibility index (Phi) is 3.05. The van der Waals surface area contributed by atoms with Gasteiger partial charge in [0, 0.05) is 0 Å². The molecule has 0 aliphatic heterocycles. The first kappa shape index (κ1) is 11.7. The maximum Gasteiger partial charge on any atom is 0.240 e. The topological polar surface area (TPSA) is 86.2 Å². The number of anilines is 1. The van der Waals surface area contributed by atoms with E-state index in [0.717, 1.165) is 6.07 Å². The van der Waals surface area contributed by atoms with Crippen LogP contribution in [0.15, 0.2) is 15.4 Å². The van der Waals surface area contributed by atoms with Gasteiger partial charge in [0.05, 0.1) is 15.2 Å². The van der Waals surface area contributed by atoms with Crippen molar-refractivity contribution in [3.05, 3.63) is 21.4 Å².